The van der Waals surface area contributed by atoms with Crippen molar-refractivity contribution >= 4 is 11.8 Å². The molecule has 0 atom stereocenters. The van der Waals surface area contributed by atoms with Crippen LogP contribution < -0.4 is 10.2 Å². The lowest BCUT2D eigenvalue weighted by Crippen LogP contribution is -2.26. The summed E-state index contributed by atoms with van der Waals surface area (Å²) in [4.78, 5) is 6.67. The van der Waals surface area contributed by atoms with Gasteiger partial charge in [-0.25, -0.2) is 0 Å². The van der Waals surface area contributed by atoms with Crippen molar-refractivity contribution in [3.05, 3.63) is 18.9 Å². The Morgan fingerprint density at radius 2 is 2.06 bits per heavy atom. The van der Waals surface area contributed by atoms with Gasteiger partial charge in [-0.05, 0) is 12.8 Å². The van der Waals surface area contributed by atoms with Crippen molar-refractivity contribution in [2.24, 2.45) is 0 Å². The highest BCUT2D eigenvalue weighted by Gasteiger charge is 2.07. The third-order valence-electron chi connectivity index (χ3n) is 2.26. The summed E-state index contributed by atoms with van der Waals surface area (Å²) in [5.41, 5.74) is 0. The topological polar surface area (TPSA) is 53.9 Å². The van der Waals surface area contributed by atoms with Crippen molar-refractivity contribution < 1.29 is 0 Å². The summed E-state index contributed by atoms with van der Waals surface area (Å²) in [5.74, 6) is 1.44. The summed E-state index contributed by atoms with van der Waals surface area (Å²) in [7, 11) is 0. The highest BCUT2D eigenvalue weighted by Crippen LogP contribution is 2.11. The zero-order chi connectivity index (χ0) is 12.5. The minimum Gasteiger partial charge on any atom is -0.355 e. The predicted molar refractivity (Wildman–Crippen MR) is 71.3 cm³/mol. The molecule has 0 saturated carbocycles. The fraction of sp³-hybridized carbons (Fsp3) is 0.583. The van der Waals surface area contributed by atoms with Gasteiger partial charge in [-0.15, -0.1) is 11.7 Å². The van der Waals surface area contributed by atoms with Gasteiger partial charge in [0, 0.05) is 19.6 Å². The van der Waals surface area contributed by atoms with Crippen LogP contribution >= 0.6 is 0 Å². The van der Waals surface area contributed by atoms with E-state index in [0.29, 0.717) is 12.5 Å². The smallest absolute Gasteiger partial charge is 0.244 e. The van der Waals surface area contributed by atoms with Crippen LogP contribution in [0.25, 0.3) is 0 Å². The average Bonchev–Trinajstić information content (AvgIpc) is 2.36. The molecule has 1 aromatic heterocycles. The standard InChI is InChI=1S/C12H21N5/c1-4-7-13-12-15-11(10-14-16-12)17(8-5-2)9-6-3/h4,10H,1,5-9H2,2-3H3,(H,13,15,16). The molecule has 0 spiro atoms. The van der Waals surface area contributed by atoms with Gasteiger partial charge in [0.2, 0.25) is 5.95 Å². The van der Waals surface area contributed by atoms with Crippen LogP contribution in [0, 0.1) is 0 Å². The molecule has 0 radical (unpaired) electrons. The molecule has 0 amide bonds. The number of nitrogens with one attached hydrogen (secondary N) is 1. The van der Waals surface area contributed by atoms with Crippen molar-refractivity contribution in [3.63, 3.8) is 0 Å². The molecule has 0 saturated heterocycles. The van der Waals surface area contributed by atoms with Gasteiger partial charge in [0.15, 0.2) is 5.82 Å². The SMILES string of the molecule is C=CCNc1nncc(N(CCC)CCC)n1. The summed E-state index contributed by atoms with van der Waals surface area (Å²) >= 11 is 0. The van der Waals surface area contributed by atoms with Crippen molar-refractivity contribution in [3.8, 4) is 0 Å². The number of nitrogens with zero attached hydrogens (tertiary/aromatic N) is 4. The Morgan fingerprint density at radius 1 is 1.35 bits per heavy atom. The van der Waals surface area contributed by atoms with Crippen LogP contribution in [0.15, 0.2) is 18.9 Å². The second kappa shape index (κ2) is 7.60. The number of aromatic nitrogens is 3. The highest BCUT2D eigenvalue weighted by molar-refractivity contribution is 5.40. The molecule has 0 unspecified atom stereocenters. The molecule has 0 aliphatic carbocycles. The Bertz CT molecular complexity index is 333. The second-order valence-corrected chi connectivity index (χ2v) is 3.79. The molecular formula is C12H21N5. The van der Waals surface area contributed by atoms with Crippen LogP contribution in [0.4, 0.5) is 11.8 Å². The second-order valence-electron chi connectivity index (χ2n) is 3.79. The Hall–Kier alpha value is -1.65. The van der Waals surface area contributed by atoms with Crippen molar-refractivity contribution in [1.82, 2.24) is 15.2 Å². The minimum absolute atomic E-state index is 0.555. The highest BCUT2D eigenvalue weighted by atomic mass is 15.3. The van der Waals surface area contributed by atoms with E-state index in [4.69, 9.17) is 0 Å². The van der Waals surface area contributed by atoms with Crippen LogP contribution in [0.1, 0.15) is 26.7 Å². The summed E-state index contributed by atoms with van der Waals surface area (Å²) in [5, 5.41) is 10.9. The maximum absolute atomic E-state index is 4.44. The summed E-state index contributed by atoms with van der Waals surface area (Å²) < 4.78 is 0. The molecule has 5 heteroatoms. The van der Waals surface area contributed by atoms with Gasteiger partial charge < -0.3 is 10.2 Å². The van der Waals surface area contributed by atoms with E-state index in [2.05, 4.69) is 45.8 Å². The predicted octanol–water partition coefficient (Wildman–Crippen LogP) is 2.10. The lowest BCUT2D eigenvalue weighted by Gasteiger charge is -2.22. The van der Waals surface area contributed by atoms with Crippen LogP contribution in [-0.2, 0) is 0 Å². The molecule has 1 N–H and O–H groups in total. The molecule has 1 rings (SSSR count). The molecule has 0 fully saturated rings. The van der Waals surface area contributed by atoms with E-state index in [0.717, 1.165) is 31.7 Å². The Labute approximate surface area is 103 Å². The van der Waals surface area contributed by atoms with E-state index in [1.807, 2.05) is 0 Å². The molecule has 1 heterocycles. The lowest BCUT2D eigenvalue weighted by atomic mass is 10.3. The van der Waals surface area contributed by atoms with Crippen molar-refractivity contribution in [2.45, 2.75) is 26.7 Å². The first-order chi connectivity index (χ1) is 8.31. The molecule has 17 heavy (non-hydrogen) atoms. The Balaban J connectivity index is 2.75. The van der Waals surface area contributed by atoms with Gasteiger partial charge >= 0.3 is 0 Å². The van der Waals surface area contributed by atoms with E-state index in [-0.39, 0.29) is 0 Å². The molecule has 0 bridgehead atoms. The normalized spacial score (nSPS) is 10.0. The van der Waals surface area contributed by atoms with E-state index < -0.39 is 0 Å². The maximum Gasteiger partial charge on any atom is 0.244 e. The molecule has 0 aromatic carbocycles. The first kappa shape index (κ1) is 13.4. The van der Waals surface area contributed by atoms with Crippen LogP contribution in [0.5, 0.6) is 0 Å². The monoisotopic (exact) mass is 235 g/mol. The first-order valence-corrected chi connectivity index (χ1v) is 6.11. The third kappa shape index (κ3) is 4.38. The number of anilines is 2. The zero-order valence-electron chi connectivity index (χ0n) is 10.7. The fourth-order valence-electron chi connectivity index (χ4n) is 1.57. The summed E-state index contributed by atoms with van der Waals surface area (Å²) in [6.07, 6.45) is 5.68. The van der Waals surface area contributed by atoms with Gasteiger partial charge in [-0.2, -0.15) is 10.1 Å². The number of hydrogen-bond acceptors (Lipinski definition) is 5. The van der Waals surface area contributed by atoms with Gasteiger partial charge in [-0.3, -0.25) is 0 Å². The summed E-state index contributed by atoms with van der Waals surface area (Å²) in [6.45, 7) is 10.6. The van der Waals surface area contributed by atoms with Crippen LogP contribution in [-0.4, -0.2) is 34.8 Å². The molecule has 0 aliphatic rings. The maximum atomic E-state index is 4.44. The van der Waals surface area contributed by atoms with Gasteiger partial charge in [0.25, 0.3) is 0 Å². The number of hydrogen-bond donors (Lipinski definition) is 1. The van der Waals surface area contributed by atoms with Crippen LogP contribution in [0.3, 0.4) is 0 Å². The van der Waals surface area contributed by atoms with E-state index in [9.17, 15) is 0 Å². The average molecular weight is 235 g/mol. The summed E-state index contributed by atoms with van der Waals surface area (Å²) in [6, 6.07) is 0. The molecular weight excluding hydrogens is 214 g/mol. The zero-order valence-corrected chi connectivity index (χ0v) is 10.7. The van der Waals surface area contributed by atoms with Crippen molar-refractivity contribution in [1.29, 1.82) is 0 Å². The van der Waals surface area contributed by atoms with E-state index in [1.54, 1.807) is 12.3 Å². The minimum atomic E-state index is 0.555. The Kier molecular flexibility index (Phi) is 5.99. The van der Waals surface area contributed by atoms with E-state index >= 15 is 0 Å². The quantitative estimate of drug-likeness (QED) is 0.699. The van der Waals surface area contributed by atoms with Gasteiger partial charge in [0.1, 0.15) is 0 Å². The van der Waals surface area contributed by atoms with Gasteiger partial charge in [-0.1, -0.05) is 19.9 Å². The Morgan fingerprint density at radius 3 is 2.65 bits per heavy atom. The number of rotatable bonds is 8. The molecule has 0 aliphatic heterocycles. The van der Waals surface area contributed by atoms with Crippen molar-refractivity contribution in [2.75, 3.05) is 29.9 Å². The fourth-order valence-corrected chi connectivity index (χ4v) is 1.57. The van der Waals surface area contributed by atoms with E-state index in [1.165, 1.54) is 0 Å². The first-order valence-electron chi connectivity index (χ1n) is 6.11. The molecule has 1 aromatic rings. The third-order valence-corrected chi connectivity index (χ3v) is 2.26. The van der Waals surface area contributed by atoms with Crippen LogP contribution in [0.2, 0.25) is 0 Å². The lowest BCUT2D eigenvalue weighted by molar-refractivity contribution is 0.727. The van der Waals surface area contributed by atoms with Gasteiger partial charge in [0.05, 0.1) is 6.20 Å². The molecule has 94 valence electrons. The molecule has 5 nitrogen and oxygen atoms in total. The largest absolute Gasteiger partial charge is 0.355 e.